The summed E-state index contributed by atoms with van der Waals surface area (Å²) in [6.07, 6.45) is 4.40. The molecule has 2 amide bonds. The number of hydrogen-bond donors (Lipinski definition) is 1. The maximum atomic E-state index is 13.2. The molecule has 192 valence electrons. The van der Waals surface area contributed by atoms with Crippen LogP contribution in [-0.4, -0.2) is 44.6 Å². The fraction of sp³-hybridized carbons (Fsp3) is 0.357. The van der Waals surface area contributed by atoms with E-state index in [1.807, 2.05) is 38.7 Å². The number of nitrogens with one attached hydrogen (secondary N) is 1. The summed E-state index contributed by atoms with van der Waals surface area (Å²) in [6, 6.07) is 7.70. The molecule has 0 radical (unpaired) electrons. The van der Waals surface area contributed by atoms with Crippen molar-refractivity contribution in [1.82, 2.24) is 19.7 Å². The number of halogens is 2. The van der Waals surface area contributed by atoms with Crippen LogP contribution >= 0.6 is 11.6 Å². The first kappa shape index (κ1) is 26.4. The molecule has 0 bridgehead atoms. The molecule has 2 aromatic heterocycles. The molecule has 1 aliphatic rings. The van der Waals surface area contributed by atoms with E-state index in [-0.39, 0.29) is 28.5 Å². The maximum Gasteiger partial charge on any atom is 0.276 e. The molecule has 1 aromatic carbocycles. The Bertz CT molecular complexity index is 1370. The summed E-state index contributed by atoms with van der Waals surface area (Å²) in [5.41, 5.74) is 1.92. The second-order valence-electron chi connectivity index (χ2n) is 10.2. The molecule has 0 atom stereocenters. The number of piperidine rings is 1. The van der Waals surface area contributed by atoms with Gasteiger partial charge in [-0.1, -0.05) is 44.2 Å². The second-order valence-corrected chi connectivity index (χ2v) is 10.6. The number of hydrogen-bond acceptors (Lipinski definition) is 4. The van der Waals surface area contributed by atoms with E-state index in [4.69, 9.17) is 11.6 Å². The fourth-order valence-electron chi connectivity index (χ4n) is 4.24. The zero-order valence-corrected chi connectivity index (χ0v) is 22.1. The Morgan fingerprint density at radius 2 is 1.73 bits per heavy atom. The highest BCUT2D eigenvalue weighted by molar-refractivity contribution is 6.34. The number of carbonyl (C=O) groups excluding carboxylic acids is 2. The number of amides is 2. The molecule has 0 spiro atoms. The van der Waals surface area contributed by atoms with Crippen molar-refractivity contribution >= 4 is 29.2 Å². The lowest BCUT2D eigenvalue weighted by molar-refractivity contribution is -0.140. The van der Waals surface area contributed by atoms with Gasteiger partial charge in [0, 0.05) is 35.8 Å². The first-order valence-electron chi connectivity index (χ1n) is 12.1. The van der Waals surface area contributed by atoms with Crippen LogP contribution in [0.5, 0.6) is 0 Å². The van der Waals surface area contributed by atoms with Crippen LogP contribution in [0.25, 0.3) is 0 Å². The lowest BCUT2D eigenvalue weighted by Crippen LogP contribution is -2.44. The van der Waals surface area contributed by atoms with Crippen LogP contribution in [-0.2, 0) is 4.79 Å². The van der Waals surface area contributed by atoms with Gasteiger partial charge in [-0.2, -0.15) is 5.10 Å². The van der Waals surface area contributed by atoms with Gasteiger partial charge >= 0.3 is 0 Å². The largest absolute Gasteiger partial charge is 0.342 e. The van der Waals surface area contributed by atoms with E-state index in [1.165, 1.54) is 18.3 Å². The summed E-state index contributed by atoms with van der Waals surface area (Å²) in [4.78, 5) is 32.1. The summed E-state index contributed by atoms with van der Waals surface area (Å²) in [5, 5.41) is 7.47. The van der Waals surface area contributed by atoms with Crippen molar-refractivity contribution in [1.29, 1.82) is 0 Å². The van der Waals surface area contributed by atoms with Crippen molar-refractivity contribution in [3.8, 4) is 11.8 Å². The molecule has 9 heteroatoms. The van der Waals surface area contributed by atoms with Crippen LogP contribution < -0.4 is 5.32 Å². The topological polar surface area (TPSA) is 80.1 Å². The van der Waals surface area contributed by atoms with E-state index in [1.54, 1.807) is 23.0 Å². The maximum absolute atomic E-state index is 13.2. The number of anilines is 1. The highest BCUT2D eigenvalue weighted by Crippen LogP contribution is 2.29. The van der Waals surface area contributed by atoms with Crippen LogP contribution in [0.1, 0.15) is 66.8 Å². The van der Waals surface area contributed by atoms with Crippen LogP contribution in [0.4, 0.5) is 10.2 Å². The minimum atomic E-state index is -0.431. The van der Waals surface area contributed by atoms with E-state index in [2.05, 4.69) is 27.2 Å². The van der Waals surface area contributed by atoms with E-state index in [9.17, 15) is 14.0 Å². The molecule has 1 aliphatic heterocycles. The van der Waals surface area contributed by atoms with Gasteiger partial charge in [-0.25, -0.2) is 9.37 Å². The normalized spacial score (nSPS) is 14.2. The number of nitrogens with zero attached hydrogens (tertiary/aromatic N) is 4. The van der Waals surface area contributed by atoms with Gasteiger partial charge in [0.25, 0.3) is 5.91 Å². The number of aryl methyl sites for hydroxylation is 1. The third-order valence-electron chi connectivity index (χ3n) is 6.21. The molecule has 1 N–H and O–H groups in total. The molecule has 7 nitrogen and oxygen atoms in total. The van der Waals surface area contributed by atoms with Gasteiger partial charge in [-0.15, -0.1) is 0 Å². The number of rotatable bonds is 3. The average molecular weight is 522 g/mol. The predicted octanol–water partition coefficient (Wildman–Crippen LogP) is 5.24. The van der Waals surface area contributed by atoms with Gasteiger partial charge in [0.05, 0.1) is 17.3 Å². The minimum Gasteiger partial charge on any atom is -0.342 e. The van der Waals surface area contributed by atoms with Crippen molar-refractivity contribution in [2.75, 3.05) is 18.4 Å². The van der Waals surface area contributed by atoms with E-state index in [0.29, 0.717) is 42.9 Å². The van der Waals surface area contributed by atoms with Crippen molar-refractivity contribution in [2.45, 2.75) is 46.6 Å². The molecule has 3 aromatic rings. The second kappa shape index (κ2) is 10.7. The molecule has 0 saturated carbocycles. The summed E-state index contributed by atoms with van der Waals surface area (Å²) < 4.78 is 14.7. The quantitative estimate of drug-likeness (QED) is 0.478. The van der Waals surface area contributed by atoms with Crippen LogP contribution in [0, 0.1) is 30.0 Å². The highest BCUT2D eigenvalue weighted by atomic mass is 35.5. The highest BCUT2D eigenvalue weighted by Gasteiger charge is 2.32. The standard InChI is InChI=1S/C28H29ClFN5O2/c1-18-15-20(6-5-19-7-9-21(30)10-8-19)16-31-25(18)33-26(36)24-23(29)17-32-35(24)22-11-13-34(14-12-22)27(37)28(2,3)4/h7-10,15-17,22H,11-14H2,1-4H3,(H,31,33,36). The summed E-state index contributed by atoms with van der Waals surface area (Å²) in [5.74, 6) is 5.77. The number of benzene rings is 1. The first-order valence-corrected chi connectivity index (χ1v) is 12.5. The van der Waals surface area contributed by atoms with Gasteiger partial charge in [0.1, 0.15) is 17.3 Å². The molecule has 1 fully saturated rings. The van der Waals surface area contributed by atoms with Crippen molar-refractivity contribution in [3.05, 3.63) is 75.9 Å². The third-order valence-corrected chi connectivity index (χ3v) is 6.49. The smallest absolute Gasteiger partial charge is 0.276 e. The zero-order chi connectivity index (χ0) is 26.7. The van der Waals surface area contributed by atoms with Crippen LogP contribution in [0.2, 0.25) is 5.02 Å². The Kier molecular flexibility index (Phi) is 7.65. The molecule has 0 unspecified atom stereocenters. The van der Waals surface area contributed by atoms with E-state index >= 15 is 0 Å². The number of aromatic nitrogens is 3. The number of carbonyl (C=O) groups is 2. The monoisotopic (exact) mass is 521 g/mol. The Labute approximate surface area is 221 Å². The zero-order valence-electron chi connectivity index (χ0n) is 21.3. The van der Waals surface area contributed by atoms with Crippen LogP contribution in [0.15, 0.2) is 42.7 Å². The van der Waals surface area contributed by atoms with Gasteiger partial charge in [-0.05, 0) is 55.7 Å². The lowest BCUT2D eigenvalue weighted by atomic mass is 9.93. The van der Waals surface area contributed by atoms with E-state index in [0.717, 1.165) is 5.56 Å². The van der Waals surface area contributed by atoms with Gasteiger partial charge in [0.15, 0.2) is 0 Å². The summed E-state index contributed by atoms with van der Waals surface area (Å²) >= 11 is 6.37. The van der Waals surface area contributed by atoms with Crippen molar-refractivity contribution < 1.29 is 14.0 Å². The molecular formula is C28H29ClFN5O2. The lowest BCUT2D eigenvalue weighted by Gasteiger charge is -2.36. The predicted molar refractivity (Wildman–Crippen MR) is 141 cm³/mol. The molecule has 0 aliphatic carbocycles. The van der Waals surface area contributed by atoms with Crippen LogP contribution in [0.3, 0.4) is 0 Å². The number of likely N-dealkylation sites (tertiary alicyclic amines) is 1. The van der Waals surface area contributed by atoms with Gasteiger partial charge in [-0.3, -0.25) is 14.3 Å². The number of pyridine rings is 1. The Morgan fingerprint density at radius 3 is 2.35 bits per heavy atom. The summed E-state index contributed by atoms with van der Waals surface area (Å²) in [7, 11) is 0. The van der Waals surface area contributed by atoms with E-state index < -0.39 is 11.3 Å². The molecule has 1 saturated heterocycles. The Morgan fingerprint density at radius 1 is 1.08 bits per heavy atom. The first-order chi connectivity index (χ1) is 17.5. The molecule has 37 heavy (non-hydrogen) atoms. The van der Waals surface area contributed by atoms with Gasteiger partial charge < -0.3 is 10.2 Å². The third kappa shape index (κ3) is 6.17. The van der Waals surface area contributed by atoms with Crippen molar-refractivity contribution in [3.63, 3.8) is 0 Å². The molecule has 4 rings (SSSR count). The van der Waals surface area contributed by atoms with Crippen molar-refractivity contribution in [2.24, 2.45) is 5.41 Å². The Hall–Kier alpha value is -3.70. The Balaban J connectivity index is 1.45. The SMILES string of the molecule is Cc1cc(C#Cc2ccc(F)cc2)cnc1NC(=O)c1c(Cl)cnn1C1CCN(C(=O)C(C)(C)C)CC1. The molecule has 3 heterocycles. The molecular weight excluding hydrogens is 493 g/mol. The minimum absolute atomic E-state index is 0.0459. The fourth-order valence-corrected chi connectivity index (χ4v) is 4.45. The average Bonchev–Trinajstić information content (AvgIpc) is 3.25. The van der Waals surface area contributed by atoms with Gasteiger partial charge in [0.2, 0.25) is 5.91 Å². The summed E-state index contributed by atoms with van der Waals surface area (Å²) in [6.45, 7) is 8.76.